The summed E-state index contributed by atoms with van der Waals surface area (Å²) in [6.07, 6.45) is 6.88. The minimum atomic E-state index is -0.112. The summed E-state index contributed by atoms with van der Waals surface area (Å²) in [4.78, 5) is 27.2. The van der Waals surface area contributed by atoms with Gasteiger partial charge in [0.2, 0.25) is 0 Å². The van der Waals surface area contributed by atoms with Crippen molar-refractivity contribution in [3.8, 4) is 11.4 Å². The van der Waals surface area contributed by atoms with Gasteiger partial charge >= 0.3 is 6.03 Å². The molecule has 4 rings (SSSR count). The number of carbonyl (C=O) groups is 1. The first-order chi connectivity index (χ1) is 13.3. The SMILES string of the molecule is O=C(Nc1cnc(-c2ccccc2)nc1)N1CCC(Nc2nccs2)CC1. The summed E-state index contributed by atoms with van der Waals surface area (Å²) in [5, 5.41) is 9.20. The number of nitrogens with one attached hydrogen (secondary N) is 2. The maximum Gasteiger partial charge on any atom is 0.321 e. The molecule has 3 aromatic rings. The molecule has 8 heteroatoms. The largest absolute Gasteiger partial charge is 0.359 e. The molecule has 1 aromatic carbocycles. The van der Waals surface area contributed by atoms with Gasteiger partial charge < -0.3 is 15.5 Å². The number of hydrogen-bond acceptors (Lipinski definition) is 6. The molecule has 2 N–H and O–H groups in total. The van der Waals surface area contributed by atoms with Crippen LogP contribution in [0.25, 0.3) is 11.4 Å². The molecule has 2 amide bonds. The third kappa shape index (κ3) is 4.40. The fourth-order valence-corrected chi connectivity index (χ4v) is 3.63. The molecule has 0 radical (unpaired) electrons. The molecule has 138 valence electrons. The quantitative estimate of drug-likeness (QED) is 0.721. The van der Waals surface area contributed by atoms with Crippen LogP contribution in [-0.4, -0.2) is 45.0 Å². The van der Waals surface area contributed by atoms with Gasteiger partial charge in [0.15, 0.2) is 11.0 Å². The highest BCUT2D eigenvalue weighted by Crippen LogP contribution is 2.19. The van der Waals surface area contributed by atoms with E-state index in [1.807, 2.05) is 40.6 Å². The van der Waals surface area contributed by atoms with E-state index in [0.717, 1.165) is 23.5 Å². The summed E-state index contributed by atoms with van der Waals surface area (Å²) in [6, 6.07) is 10.00. The van der Waals surface area contributed by atoms with Crippen LogP contribution >= 0.6 is 11.3 Å². The van der Waals surface area contributed by atoms with Crippen molar-refractivity contribution < 1.29 is 4.79 Å². The van der Waals surface area contributed by atoms with E-state index in [9.17, 15) is 4.79 Å². The number of nitrogens with zero attached hydrogens (tertiary/aromatic N) is 4. The van der Waals surface area contributed by atoms with Crippen LogP contribution in [-0.2, 0) is 0 Å². The molecule has 0 unspecified atom stereocenters. The summed E-state index contributed by atoms with van der Waals surface area (Å²) in [7, 11) is 0. The van der Waals surface area contributed by atoms with Gasteiger partial charge in [-0.25, -0.2) is 19.7 Å². The summed E-state index contributed by atoms with van der Waals surface area (Å²) in [5.41, 5.74) is 1.55. The van der Waals surface area contributed by atoms with Gasteiger partial charge in [-0.2, -0.15) is 0 Å². The first-order valence-corrected chi connectivity index (χ1v) is 9.75. The number of amides is 2. The second-order valence-corrected chi connectivity index (χ2v) is 7.23. The highest BCUT2D eigenvalue weighted by molar-refractivity contribution is 7.13. The molecule has 7 nitrogen and oxygen atoms in total. The Bertz CT molecular complexity index is 861. The zero-order valence-electron chi connectivity index (χ0n) is 14.7. The molecular weight excluding hydrogens is 360 g/mol. The Morgan fingerprint density at radius 2 is 1.81 bits per heavy atom. The Labute approximate surface area is 161 Å². The molecule has 0 atom stereocenters. The number of likely N-dealkylation sites (tertiary alicyclic amines) is 1. The van der Waals surface area contributed by atoms with Crippen molar-refractivity contribution in [1.29, 1.82) is 0 Å². The first-order valence-electron chi connectivity index (χ1n) is 8.87. The maximum atomic E-state index is 12.5. The van der Waals surface area contributed by atoms with Crippen molar-refractivity contribution in [2.75, 3.05) is 23.7 Å². The van der Waals surface area contributed by atoms with Gasteiger partial charge in [0, 0.05) is 36.3 Å². The van der Waals surface area contributed by atoms with Gasteiger partial charge in [-0.15, -0.1) is 11.3 Å². The zero-order valence-corrected chi connectivity index (χ0v) is 15.5. The Morgan fingerprint density at radius 3 is 2.48 bits per heavy atom. The lowest BCUT2D eigenvalue weighted by atomic mass is 10.1. The van der Waals surface area contributed by atoms with E-state index in [1.165, 1.54) is 0 Å². The molecule has 1 aliphatic heterocycles. The van der Waals surface area contributed by atoms with Gasteiger partial charge in [0.1, 0.15) is 0 Å². The lowest BCUT2D eigenvalue weighted by Crippen LogP contribution is -2.44. The van der Waals surface area contributed by atoms with Crippen molar-refractivity contribution in [1.82, 2.24) is 19.9 Å². The smallest absolute Gasteiger partial charge is 0.321 e. The average molecular weight is 380 g/mol. The number of thiazole rings is 1. The Balaban J connectivity index is 1.29. The maximum absolute atomic E-state index is 12.5. The third-order valence-corrected chi connectivity index (χ3v) is 5.18. The van der Waals surface area contributed by atoms with Gasteiger partial charge in [-0.1, -0.05) is 30.3 Å². The Morgan fingerprint density at radius 1 is 1.07 bits per heavy atom. The van der Waals surface area contributed by atoms with Crippen molar-refractivity contribution in [2.45, 2.75) is 18.9 Å². The topological polar surface area (TPSA) is 83.0 Å². The van der Waals surface area contributed by atoms with Crippen LogP contribution in [0.2, 0.25) is 0 Å². The van der Waals surface area contributed by atoms with Crippen LogP contribution < -0.4 is 10.6 Å². The lowest BCUT2D eigenvalue weighted by molar-refractivity contribution is 0.197. The number of piperidine rings is 1. The Hall–Kier alpha value is -3.00. The van der Waals surface area contributed by atoms with E-state index < -0.39 is 0 Å². The number of rotatable bonds is 4. The number of hydrogen-bond donors (Lipinski definition) is 2. The predicted octanol–water partition coefficient (Wildman–Crippen LogP) is 3.71. The third-order valence-electron chi connectivity index (χ3n) is 4.48. The van der Waals surface area contributed by atoms with Crippen molar-refractivity contribution in [3.63, 3.8) is 0 Å². The van der Waals surface area contributed by atoms with E-state index in [2.05, 4.69) is 25.6 Å². The second-order valence-electron chi connectivity index (χ2n) is 6.33. The van der Waals surface area contributed by atoms with Crippen molar-refractivity contribution in [2.24, 2.45) is 0 Å². The number of aromatic nitrogens is 3. The van der Waals surface area contributed by atoms with Gasteiger partial charge in [0.05, 0.1) is 18.1 Å². The number of urea groups is 1. The van der Waals surface area contributed by atoms with Crippen LogP contribution in [0.1, 0.15) is 12.8 Å². The van der Waals surface area contributed by atoms with E-state index >= 15 is 0 Å². The molecular formula is C19H20N6OS. The number of anilines is 2. The van der Waals surface area contributed by atoms with Gasteiger partial charge in [0.25, 0.3) is 0 Å². The van der Waals surface area contributed by atoms with Crippen molar-refractivity contribution >= 4 is 28.2 Å². The lowest BCUT2D eigenvalue weighted by Gasteiger charge is -2.32. The summed E-state index contributed by atoms with van der Waals surface area (Å²) in [6.45, 7) is 1.41. The predicted molar refractivity (Wildman–Crippen MR) is 107 cm³/mol. The molecule has 0 bridgehead atoms. The van der Waals surface area contributed by atoms with E-state index in [4.69, 9.17) is 0 Å². The van der Waals surface area contributed by atoms with Gasteiger partial charge in [-0.3, -0.25) is 0 Å². The number of carbonyl (C=O) groups excluding carboxylic acids is 1. The summed E-state index contributed by atoms with van der Waals surface area (Å²) >= 11 is 1.60. The normalized spacial score (nSPS) is 14.7. The monoisotopic (exact) mass is 380 g/mol. The molecule has 0 saturated carbocycles. The van der Waals surface area contributed by atoms with Crippen LogP contribution in [0.3, 0.4) is 0 Å². The summed E-state index contributed by atoms with van der Waals surface area (Å²) in [5.74, 6) is 0.641. The fraction of sp³-hybridized carbons (Fsp3) is 0.263. The highest BCUT2D eigenvalue weighted by atomic mass is 32.1. The molecule has 1 fully saturated rings. The highest BCUT2D eigenvalue weighted by Gasteiger charge is 2.23. The minimum absolute atomic E-state index is 0.112. The van der Waals surface area contributed by atoms with Crippen molar-refractivity contribution in [3.05, 3.63) is 54.3 Å². The molecule has 27 heavy (non-hydrogen) atoms. The van der Waals surface area contributed by atoms with E-state index in [-0.39, 0.29) is 6.03 Å². The van der Waals surface area contributed by atoms with Crippen LogP contribution in [0.4, 0.5) is 15.6 Å². The second kappa shape index (κ2) is 8.13. The minimum Gasteiger partial charge on any atom is -0.359 e. The Kier molecular flexibility index (Phi) is 5.24. The van der Waals surface area contributed by atoms with Gasteiger partial charge in [-0.05, 0) is 12.8 Å². The average Bonchev–Trinajstić information content (AvgIpc) is 3.23. The molecule has 1 saturated heterocycles. The zero-order chi connectivity index (χ0) is 18.5. The summed E-state index contributed by atoms with van der Waals surface area (Å²) < 4.78 is 0. The van der Waals surface area contributed by atoms with Crippen LogP contribution in [0.5, 0.6) is 0 Å². The molecule has 0 aliphatic carbocycles. The molecule has 2 aromatic heterocycles. The van der Waals surface area contributed by atoms with E-state index in [0.29, 0.717) is 30.6 Å². The van der Waals surface area contributed by atoms with Crippen LogP contribution in [0, 0.1) is 0 Å². The first kappa shape index (κ1) is 17.4. The fourth-order valence-electron chi connectivity index (χ4n) is 3.03. The van der Waals surface area contributed by atoms with E-state index in [1.54, 1.807) is 29.9 Å². The molecule has 0 spiro atoms. The number of benzene rings is 1. The van der Waals surface area contributed by atoms with Crippen LogP contribution in [0.15, 0.2) is 54.3 Å². The molecule has 3 heterocycles. The standard InChI is InChI=1S/C19H20N6OS/c26-19(25-9-6-15(7-10-25)23-18-20-8-11-27-18)24-16-12-21-17(22-13-16)14-4-2-1-3-5-14/h1-5,8,11-13,15H,6-7,9-10H2,(H,20,23)(H,24,26). The molecule has 1 aliphatic rings.